The van der Waals surface area contributed by atoms with E-state index in [1.807, 2.05) is 29.2 Å². The van der Waals surface area contributed by atoms with Crippen LogP contribution >= 0.6 is 24.8 Å². The molecule has 0 saturated carbocycles. The van der Waals surface area contributed by atoms with E-state index in [1.165, 1.54) is 6.33 Å². The van der Waals surface area contributed by atoms with Crippen molar-refractivity contribution in [3.63, 3.8) is 0 Å². The number of piperidine rings is 1. The molecule has 1 aromatic heterocycles. The highest BCUT2D eigenvalue weighted by atomic mass is 35.5. The number of carbonyl (C=O) groups excluding carboxylic acids is 1. The maximum atomic E-state index is 12.6. The Bertz CT molecular complexity index is 612. The molecule has 2 N–H and O–H groups in total. The summed E-state index contributed by atoms with van der Waals surface area (Å²) in [5.74, 6) is 0.628. The molecule has 23 heavy (non-hydrogen) atoms. The van der Waals surface area contributed by atoms with Crippen LogP contribution in [0.1, 0.15) is 23.2 Å². The molecule has 3 rings (SSSR count). The van der Waals surface area contributed by atoms with Gasteiger partial charge in [-0.1, -0.05) is 6.07 Å². The number of likely N-dealkylation sites (tertiary alicyclic amines) is 1. The highest BCUT2D eigenvalue weighted by Gasteiger charge is 2.23. The Morgan fingerprint density at radius 3 is 2.61 bits per heavy atom. The van der Waals surface area contributed by atoms with Gasteiger partial charge in [-0.2, -0.15) is 5.10 Å². The molecule has 0 bridgehead atoms. The van der Waals surface area contributed by atoms with E-state index in [4.69, 9.17) is 5.73 Å². The van der Waals surface area contributed by atoms with Crippen molar-refractivity contribution in [2.24, 2.45) is 11.7 Å². The molecular formula is C15H21Cl2N5O. The molecule has 0 aliphatic carbocycles. The minimum absolute atomic E-state index is 0. The molecule has 0 radical (unpaired) electrons. The first-order valence-corrected chi connectivity index (χ1v) is 7.22. The number of hydrogen-bond acceptors (Lipinski definition) is 4. The number of nitrogens with zero attached hydrogens (tertiary/aromatic N) is 4. The summed E-state index contributed by atoms with van der Waals surface area (Å²) in [5.41, 5.74) is 7.22. The quantitative estimate of drug-likeness (QED) is 0.910. The van der Waals surface area contributed by atoms with E-state index in [9.17, 15) is 4.79 Å². The summed E-state index contributed by atoms with van der Waals surface area (Å²) in [6.07, 6.45) is 5.08. The molecule has 2 heterocycles. The molecule has 0 atom stereocenters. The molecule has 1 amide bonds. The zero-order valence-electron chi connectivity index (χ0n) is 12.7. The maximum absolute atomic E-state index is 12.6. The lowest BCUT2D eigenvalue weighted by atomic mass is 9.96. The van der Waals surface area contributed by atoms with E-state index in [-0.39, 0.29) is 30.7 Å². The summed E-state index contributed by atoms with van der Waals surface area (Å²) >= 11 is 0. The minimum Gasteiger partial charge on any atom is -0.339 e. The SMILES string of the molecule is Cl.Cl.NCC1CCN(C(=O)c2cccc(-n3cncn3)c2)CC1. The van der Waals surface area contributed by atoms with E-state index in [2.05, 4.69) is 10.1 Å². The lowest BCUT2D eigenvalue weighted by molar-refractivity contribution is 0.0693. The average molecular weight is 358 g/mol. The summed E-state index contributed by atoms with van der Waals surface area (Å²) in [7, 11) is 0. The second-order valence-corrected chi connectivity index (χ2v) is 5.36. The molecule has 1 aromatic carbocycles. The summed E-state index contributed by atoms with van der Waals surface area (Å²) < 4.78 is 1.65. The number of halogens is 2. The molecule has 1 aliphatic heterocycles. The smallest absolute Gasteiger partial charge is 0.253 e. The van der Waals surface area contributed by atoms with Crippen molar-refractivity contribution in [2.75, 3.05) is 19.6 Å². The third-order valence-corrected chi connectivity index (χ3v) is 4.01. The average Bonchev–Trinajstić information content (AvgIpc) is 3.09. The third-order valence-electron chi connectivity index (χ3n) is 4.01. The van der Waals surface area contributed by atoms with Gasteiger partial charge >= 0.3 is 0 Å². The first kappa shape index (κ1) is 19.4. The highest BCUT2D eigenvalue weighted by molar-refractivity contribution is 5.94. The number of benzene rings is 1. The summed E-state index contributed by atoms with van der Waals surface area (Å²) in [6, 6.07) is 7.48. The second-order valence-electron chi connectivity index (χ2n) is 5.36. The van der Waals surface area contributed by atoms with Crippen molar-refractivity contribution in [3.8, 4) is 5.69 Å². The number of carbonyl (C=O) groups is 1. The largest absolute Gasteiger partial charge is 0.339 e. The van der Waals surface area contributed by atoms with Gasteiger partial charge < -0.3 is 10.6 Å². The molecule has 6 nitrogen and oxygen atoms in total. The van der Waals surface area contributed by atoms with Gasteiger partial charge in [0.25, 0.3) is 5.91 Å². The third kappa shape index (κ3) is 4.43. The zero-order valence-corrected chi connectivity index (χ0v) is 14.3. The van der Waals surface area contributed by atoms with Crippen molar-refractivity contribution in [2.45, 2.75) is 12.8 Å². The number of rotatable bonds is 3. The van der Waals surface area contributed by atoms with Gasteiger partial charge in [0.1, 0.15) is 12.7 Å². The Morgan fingerprint density at radius 2 is 2.00 bits per heavy atom. The van der Waals surface area contributed by atoms with Crippen LogP contribution < -0.4 is 5.73 Å². The maximum Gasteiger partial charge on any atom is 0.253 e. The Labute approximate surface area is 147 Å². The van der Waals surface area contributed by atoms with Crippen LogP contribution in [0.5, 0.6) is 0 Å². The summed E-state index contributed by atoms with van der Waals surface area (Å²) in [5, 5.41) is 4.09. The lowest BCUT2D eigenvalue weighted by Crippen LogP contribution is -2.40. The van der Waals surface area contributed by atoms with Crippen LogP contribution in [0.4, 0.5) is 0 Å². The predicted octanol–water partition coefficient (Wildman–Crippen LogP) is 1.92. The van der Waals surface area contributed by atoms with Crippen molar-refractivity contribution < 1.29 is 4.79 Å². The van der Waals surface area contributed by atoms with Crippen molar-refractivity contribution in [1.29, 1.82) is 0 Å². The van der Waals surface area contributed by atoms with E-state index < -0.39 is 0 Å². The van der Waals surface area contributed by atoms with Gasteiger partial charge in [0.05, 0.1) is 5.69 Å². The van der Waals surface area contributed by atoms with Gasteiger partial charge in [0.15, 0.2) is 0 Å². The highest BCUT2D eigenvalue weighted by Crippen LogP contribution is 2.19. The van der Waals surface area contributed by atoms with Crippen LogP contribution in [-0.2, 0) is 0 Å². The van der Waals surface area contributed by atoms with E-state index >= 15 is 0 Å². The summed E-state index contributed by atoms with van der Waals surface area (Å²) in [6.45, 7) is 2.28. The van der Waals surface area contributed by atoms with Gasteiger partial charge in [-0.3, -0.25) is 4.79 Å². The van der Waals surface area contributed by atoms with Crippen LogP contribution in [0.3, 0.4) is 0 Å². The van der Waals surface area contributed by atoms with Crippen LogP contribution in [0, 0.1) is 5.92 Å². The molecule has 1 aliphatic rings. The number of nitrogens with two attached hydrogens (primary N) is 1. The van der Waals surface area contributed by atoms with Crippen LogP contribution in [-0.4, -0.2) is 45.2 Å². The molecule has 1 saturated heterocycles. The fourth-order valence-electron chi connectivity index (χ4n) is 2.68. The topological polar surface area (TPSA) is 77.0 Å². The lowest BCUT2D eigenvalue weighted by Gasteiger charge is -2.31. The minimum atomic E-state index is 0. The standard InChI is InChI=1S/C15H19N5O.2ClH/c16-9-12-4-6-19(7-5-12)15(21)13-2-1-3-14(8-13)20-11-17-10-18-20;;/h1-3,8,10-12H,4-7,9,16H2;2*1H. The van der Waals surface area contributed by atoms with Gasteiger partial charge in [-0.15, -0.1) is 24.8 Å². The molecule has 8 heteroatoms. The van der Waals surface area contributed by atoms with E-state index in [0.29, 0.717) is 18.0 Å². The predicted molar refractivity (Wildman–Crippen MR) is 93.5 cm³/mol. The first-order valence-electron chi connectivity index (χ1n) is 7.22. The Morgan fingerprint density at radius 1 is 1.26 bits per heavy atom. The number of aromatic nitrogens is 3. The fraction of sp³-hybridized carbons (Fsp3) is 0.400. The molecule has 1 fully saturated rings. The van der Waals surface area contributed by atoms with Gasteiger partial charge in [0.2, 0.25) is 0 Å². The zero-order chi connectivity index (χ0) is 14.7. The molecule has 126 valence electrons. The monoisotopic (exact) mass is 357 g/mol. The number of hydrogen-bond donors (Lipinski definition) is 1. The Kier molecular flexibility index (Phi) is 7.48. The molecule has 0 unspecified atom stereocenters. The van der Waals surface area contributed by atoms with E-state index in [1.54, 1.807) is 11.0 Å². The van der Waals surface area contributed by atoms with Crippen molar-refractivity contribution in [3.05, 3.63) is 42.5 Å². The normalized spacial score (nSPS) is 14.7. The van der Waals surface area contributed by atoms with Crippen LogP contribution in [0.2, 0.25) is 0 Å². The molecule has 0 spiro atoms. The Balaban J connectivity index is 0.00000132. The molecular weight excluding hydrogens is 337 g/mol. The second kappa shape index (κ2) is 8.86. The van der Waals surface area contributed by atoms with Gasteiger partial charge in [-0.05, 0) is 43.5 Å². The van der Waals surface area contributed by atoms with Crippen molar-refractivity contribution in [1.82, 2.24) is 19.7 Å². The van der Waals surface area contributed by atoms with Gasteiger partial charge in [0, 0.05) is 18.7 Å². The number of amides is 1. The van der Waals surface area contributed by atoms with Crippen LogP contribution in [0.25, 0.3) is 5.69 Å². The Hall–Kier alpha value is -1.63. The van der Waals surface area contributed by atoms with Gasteiger partial charge in [-0.25, -0.2) is 9.67 Å². The van der Waals surface area contributed by atoms with Crippen LogP contribution in [0.15, 0.2) is 36.9 Å². The van der Waals surface area contributed by atoms with E-state index in [0.717, 1.165) is 31.6 Å². The molecule has 2 aromatic rings. The summed E-state index contributed by atoms with van der Waals surface area (Å²) in [4.78, 5) is 18.4. The fourth-order valence-corrected chi connectivity index (χ4v) is 2.68. The first-order chi connectivity index (χ1) is 10.3. The van der Waals surface area contributed by atoms with Crippen molar-refractivity contribution >= 4 is 30.7 Å².